The fraction of sp³-hybridized carbons (Fsp3) is 0.286. The summed E-state index contributed by atoms with van der Waals surface area (Å²) in [6.45, 7) is 2.30. The molecule has 0 spiro atoms. The highest BCUT2D eigenvalue weighted by atomic mass is 16.4. The molecular formula is C14H15NO4. The Hall–Kier alpha value is -2.14. The molecule has 100 valence electrons. The van der Waals surface area contributed by atoms with E-state index in [1.165, 1.54) is 0 Å². The van der Waals surface area contributed by atoms with Crippen LogP contribution in [0.1, 0.15) is 32.7 Å². The standard InChI is InChI=1S/C14H15NO4/c1-9-5-12-10(8-17)7-15(3-2-4-16)13(12)6-11(9)14(18)19/h5-8,16H,2-4H2,1H3,(H,18,19). The summed E-state index contributed by atoms with van der Waals surface area (Å²) in [7, 11) is 0. The second-order valence-electron chi connectivity index (χ2n) is 4.46. The maximum Gasteiger partial charge on any atom is 0.336 e. The average molecular weight is 261 g/mol. The van der Waals surface area contributed by atoms with E-state index >= 15 is 0 Å². The summed E-state index contributed by atoms with van der Waals surface area (Å²) >= 11 is 0. The van der Waals surface area contributed by atoms with Gasteiger partial charge in [-0.15, -0.1) is 0 Å². The molecule has 0 aliphatic heterocycles. The Bertz CT molecular complexity index is 642. The van der Waals surface area contributed by atoms with Crippen LogP contribution in [0.25, 0.3) is 10.9 Å². The molecule has 5 heteroatoms. The highest BCUT2D eigenvalue weighted by molar-refractivity contribution is 6.02. The van der Waals surface area contributed by atoms with E-state index in [1.807, 2.05) is 0 Å². The van der Waals surface area contributed by atoms with Gasteiger partial charge in [0.25, 0.3) is 0 Å². The van der Waals surface area contributed by atoms with Crippen molar-refractivity contribution in [1.82, 2.24) is 4.57 Å². The van der Waals surface area contributed by atoms with Crippen LogP contribution in [0.4, 0.5) is 0 Å². The lowest BCUT2D eigenvalue weighted by Crippen LogP contribution is -2.02. The van der Waals surface area contributed by atoms with Crippen LogP contribution in [0.15, 0.2) is 18.3 Å². The van der Waals surface area contributed by atoms with Crippen LogP contribution >= 0.6 is 0 Å². The van der Waals surface area contributed by atoms with Crippen molar-refractivity contribution < 1.29 is 19.8 Å². The summed E-state index contributed by atoms with van der Waals surface area (Å²) in [5.41, 5.74) is 2.10. The summed E-state index contributed by atoms with van der Waals surface area (Å²) in [6.07, 6.45) is 3.01. The van der Waals surface area contributed by atoms with Gasteiger partial charge < -0.3 is 14.8 Å². The van der Waals surface area contributed by atoms with Gasteiger partial charge in [0, 0.05) is 35.8 Å². The van der Waals surface area contributed by atoms with Gasteiger partial charge in [-0.05, 0) is 31.0 Å². The van der Waals surface area contributed by atoms with Gasteiger partial charge in [-0.3, -0.25) is 4.79 Å². The van der Waals surface area contributed by atoms with Gasteiger partial charge in [0.05, 0.1) is 5.56 Å². The van der Waals surface area contributed by atoms with Crippen molar-refractivity contribution >= 4 is 23.2 Å². The largest absolute Gasteiger partial charge is 0.478 e. The summed E-state index contributed by atoms with van der Waals surface area (Å²) in [6, 6.07) is 3.30. The van der Waals surface area contributed by atoms with Crippen molar-refractivity contribution in [3.63, 3.8) is 0 Å². The smallest absolute Gasteiger partial charge is 0.336 e. The zero-order valence-electron chi connectivity index (χ0n) is 10.6. The van der Waals surface area contributed by atoms with Crippen LogP contribution in [-0.2, 0) is 6.54 Å². The molecule has 19 heavy (non-hydrogen) atoms. The number of nitrogens with zero attached hydrogens (tertiary/aromatic N) is 1. The minimum atomic E-state index is -0.984. The third-order valence-corrected chi connectivity index (χ3v) is 3.17. The predicted octanol–water partition coefficient (Wildman–Crippen LogP) is 1.84. The number of aliphatic hydroxyl groups excluding tert-OH is 1. The number of aldehydes is 1. The lowest BCUT2D eigenvalue weighted by atomic mass is 10.0. The first-order valence-electron chi connectivity index (χ1n) is 6.01. The number of carboxylic acid groups (broad SMARTS) is 1. The molecule has 0 unspecified atom stereocenters. The quantitative estimate of drug-likeness (QED) is 0.805. The van der Waals surface area contributed by atoms with Crippen molar-refractivity contribution in [3.05, 3.63) is 35.0 Å². The van der Waals surface area contributed by atoms with E-state index in [0.717, 1.165) is 11.7 Å². The first-order valence-corrected chi connectivity index (χ1v) is 6.01. The number of hydrogen-bond acceptors (Lipinski definition) is 3. The number of carbonyl (C=O) groups is 2. The van der Waals surface area contributed by atoms with Crippen LogP contribution in [0.2, 0.25) is 0 Å². The van der Waals surface area contributed by atoms with E-state index in [0.29, 0.717) is 29.6 Å². The van der Waals surface area contributed by atoms with E-state index in [1.54, 1.807) is 29.8 Å². The molecule has 1 aromatic heterocycles. The molecule has 1 heterocycles. The Kier molecular flexibility index (Phi) is 3.66. The van der Waals surface area contributed by atoms with Gasteiger partial charge in [-0.1, -0.05) is 0 Å². The van der Waals surface area contributed by atoms with Crippen molar-refractivity contribution in [2.24, 2.45) is 0 Å². The van der Waals surface area contributed by atoms with Crippen LogP contribution in [-0.4, -0.2) is 33.6 Å². The molecule has 0 aliphatic carbocycles. The number of rotatable bonds is 5. The van der Waals surface area contributed by atoms with Crippen molar-refractivity contribution in [3.8, 4) is 0 Å². The SMILES string of the molecule is Cc1cc2c(C=O)cn(CCCO)c2cc1C(=O)O. The van der Waals surface area contributed by atoms with E-state index in [4.69, 9.17) is 10.2 Å². The Morgan fingerprint density at radius 3 is 2.74 bits per heavy atom. The highest BCUT2D eigenvalue weighted by Crippen LogP contribution is 2.24. The van der Waals surface area contributed by atoms with Gasteiger partial charge in [-0.25, -0.2) is 4.79 Å². The molecule has 0 bridgehead atoms. The molecule has 0 saturated carbocycles. The number of benzene rings is 1. The fourth-order valence-electron chi connectivity index (χ4n) is 2.22. The van der Waals surface area contributed by atoms with Gasteiger partial charge in [-0.2, -0.15) is 0 Å². The van der Waals surface area contributed by atoms with E-state index < -0.39 is 5.97 Å². The number of aliphatic hydroxyl groups is 1. The Labute approximate surface area is 110 Å². The van der Waals surface area contributed by atoms with Gasteiger partial charge in [0.1, 0.15) is 0 Å². The monoisotopic (exact) mass is 261 g/mol. The van der Waals surface area contributed by atoms with E-state index in [2.05, 4.69) is 0 Å². The third-order valence-electron chi connectivity index (χ3n) is 3.17. The highest BCUT2D eigenvalue weighted by Gasteiger charge is 2.14. The van der Waals surface area contributed by atoms with Crippen molar-refractivity contribution in [2.45, 2.75) is 19.9 Å². The molecule has 0 radical (unpaired) electrons. The molecule has 0 amide bonds. The maximum absolute atomic E-state index is 11.1. The molecule has 2 rings (SSSR count). The summed E-state index contributed by atoms with van der Waals surface area (Å²) < 4.78 is 1.81. The number of aromatic carboxylic acids is 1. The second kappa shape index (κ2) is 5.24. The molecule has 2 N–H and O–H groups in total. The predicted molar refractivity (Wildman–Crippen MR) is 70.7 cm³/mol. The van der Waals surface area contributed by atoms with E-state index in [-0.39, 0.29) is 12.2 Å². The van der Waals surface area contributed by atoms with Crippen molar-refractivity contribution in [2.75, 3.05) is 6.61 Å². The second-order valence-corrected chi connectivity index (χ2v) is 4.46. The molecule has 2 aromatic rings. The topological polar surface area (TPSA) is 79.5 Å². The van der Waals surface area contributed by atoms with Crippen LogP contribution < -0.4 is 0 Å². The molecule has 0 fully saturated rings. The first-order chi connectivity index (χ1) is 9.08. The van der Waals surface area contributed by atoms with Crippen LogP contribution in [0.3, 0.4) is 0 Å². The summed E-state index contributed by atoms with van der Waals surface area (Å²) in [5.74, 6) is -0.984. The van der Waals surface area contributed by atoms with Crippen molar-refractivity contribution in [1.29, 1.82) is 0 Å². The number of aryl methyl sites for hydroxylation is 2. The lowest BCUT2D eigenvalue weighted by Gasteiger charge is -2.06. The first kappa shape index (κ1) is 13.3. The Morgan fingerprint density at radius 2 is 2.16 bits per heavy atom. The van der Waals surface area contributed by atoms with Crippen LogP contribution in [0.5, 0.6) is 0 Å². The number of carbonyl (C=O) groups excluding carboxylic acids is 1. The molecule has 1 aromatic carbocycles. The third kappa shape index (κ3) is 2.37. The zero-order valence-corrected chi connectivity index (χ0v) is 10.6. The molecule has 5 nitrogen and oxygen atoms in total. The minimum absolute atomic E-state index is 0.0494. The van der Waals surface area contributed by atoms with Gasteiger partial charge in [0.2, 0.25) is 0 Å². The normalized spacial score (nSPS) is 10.8. The van der Waals surface area contributed by atoms with E-state index in [9.17, 15) is 9.59 Å². The molecule has 0 saturated heterocycles. The number of carboxylic acids is 1. The number of aromatic nitrogens is 1. The maximum atomic E-state index is 11.1. The summed E-state index contributed by atoms with van der Waals surface area (Å²) in [5, 5.41) is 18.8. The van der Waals surface area contributed by atoms with Crippen LogP contribution in [0, 0.1) is 6.92 Å². The average Bonchev–Trinajstić information content (AvgIpc) is 2.72. The number of fused-ring (bicyclic) bond motifs is 1. The molecule has 0 atom stereocenters. The van der Waals surface area contributed by atoms with Gasteiger partial charge in [0.15, 0.2) is 6.29 Å². The molecule has 0 aliphatic rings. The fourth-order valence-corrected chi connectivity index (χ4v) is 2.22. The Morgan fingerprint density at radius 1 is 1.42 bits per heavy atom. The summed E-state index contributed by atoms with van der Waals surface area (Å²) in [4.78, 5) is 22.2. The minimum Gasteiger partial charge on any atom is -0.478 e. The van der Waals surface area contributed by atoms with Gasteiger partial charge >= 0.3 is 5.97 Å². The number of hydrogen-bond donors (Lipinski definition) is 2. The Balaban J connectivity index is 2.66. The molecular weight excluding hydrogens is 246 g/mol. The zero-order chi connectivity index (χ0) is 14.0. The lowest BCUT2D eigenvalue weighted by molar-refractivity contribution is 0.0696.